The van der Waals surface area contributed by atoms with E-state index >= 15 is 0 Å². The first-order valence-corrected chi connectivity index (χ1v) is 7.71. The van der Waals surface area contributed by atoms with Crippen LogP contribution in [0.15, 0.2) is 54.7 Å². The maximum absolute atomic E-state index is 11.7. The quantitative estimate of drug-likeness (QED) is 0.577. The van der Waals surface area contributed by atoms with Crippen molar-refractivity contribution < 1.29 is 9.59 Å². The number of hydrogen-bond acceptors (Lipinski definition) is 3. The Morgan fingerprint density at radius 2 is 1.65 bits per heavy atom. The summed E-state index contributed by atoms with van der Waals surface area (Å²) in [6.45, 7) is 0.905. The zero-order valence-electron chi connectivity index (χ0n) is 13.0. The fourth-order valence-corrected chi connectivity index (χ4v) is 2.13. The number of aromatic nitrogens is 1. The van der Waals surface area contributed by atoms with Crippen LogP contribution in [0.3, 0.4) is 0 Å². The Morgan fingerprint density at radius 1 is 0.913 bits per heavy atom. The number of benzene rings is 1. The summed E-state index contributed by atoms with van der Waals surface area (Å²) in [6, 6.07) is 15.6. The molecule has 5 heteroatoms. The van der Waals surface area contributed by atoms with Gasteiger partial charge in [0.25, 0.3) is 0 Å². The molecule has 1 aromatic heterocycles. The first kappa shape index (κ1) is 16.7. The van der Waals surface area contributed by atoms with Crippen molar-refractivity contribution in [2.75, 3.05) is 6.54 Å². The van der Waals surface area contributed by atoms with Gasteiger partial charge in [0.1, 0.15) is 6.42 Å². The largest absolute Gasteiger partial charge is 0.356 e. The number of nitrogens with one attached hydrogen (secondary N) is 2. The Morgan fingerprint density at radius 3 is 2.39 bits per heavy atom. The van der Waals surface area contributed by atoms with Crippen LogP contribution in [-0.2, 0) is 22.6 Å². The summed E-state index contributed by atoms with van der Waals surface area (Å²) in [4.78, 5) is 27.5. The zero-order chi connectivity index (χ0) is 16.3. The molecule has 2 aromatic rings. The monoisotopic (exact) mass is 311 g/mol. The third kappa shape index (κ3) is 6.74. The van der Waals surface area contributed by atoms with Crippen LogP contribution in [0.1, 0.15) is 24.1 Å². The SMILES string of the molecule is O=C(CC(=O)NCc1ccccn1)NCCCc1ccccc1. The zero-order valence-corrected chi connectivity index (χ0v) is 13.0. The predicted octanol–water partition coefficient (Wildman–Crippen LogP) is 1.84. The van der Waals surface area contributed by atoms with Crippen molar-refractivity contribution in [3.05, 3.63) is 66.0 Å². The maximum Gasteiger partial charge on any atom is 0.229 e. The number of rotatable bonds is 8. The van der Waals surface area contributed by atoms with E-state index in [1.165, 1.54) is 5.56 Å². The second kappa shape index (κ2) is 9.35. The fourth-order valence-electron chi connectivity index (χ4n) is 2.13. The van der Waals surface area contributed by atoms with Crippen molar-refractivity contribution in [1.82, 2.24) is 15.6 Å². The number of pyridine rings is 1. The number of hydrogen-bond donors (Lipinski definition) is 2. The molecule has 1 heterocycles. The summed E-state index contributed by atoms with van der Waals surface area (Å²) in [5.74, 6) is -0.548. The van der Waals surface area contributed by atoms with Gasteiger partial charge in [0.15, 0.2) is 0 Å². The predicted molar refractivity (Wildman–Crippen MR) is 88.5 cm³/mol. The number of carbonyl (C=O) groups excluding carboxylic acids is 2. The van der Waals surface area contributed by atoms with Gasteiger partial charge in [0.2, 0.25) is 11.8 Å². The fraction of sp³-hybridized carbons (Fsp3) is 0.278. The number of amides is 2. The molecule has 2 N–H and O–H groups in total. The van der Waals surface area contributed by atoms with E-state index in [1.807, 2.05) is 36.4 Å². The van der Waals surface area contributed by atoms with E-state index in [0.717, 1.165) is 18.5 Å². The standard InChI is InChI=1S/C18H21N3O2/c22-17(20-12-6-9-15-7-2-1-3-8-15)13-18(23)21-14-16-10-4-5-11-19-16/h1-5,7-8,10-11H,6,9,12-14H2,(H,20,22)(H,21,23). The molecule has 2 amide bonds. The Labute approximate surface area is 136 Å². The Balaban J connectivity index is 1.58. The van der Waals surface area contributed by atoms with Gasteiger partial charge in [-0.15, -0.1) is 0 Å². The highest BCUT2D eigenvalue weighted by Crippen LogP contribution is 2.01. The van der Waals surface area contributed by atoms with Crippen LogP contribution >= 0.6 is 0 Å². The summed E-state index contributed by atoms with van der Waals surface area (Å²) in [6.07, 6.45) is 3.28. The lowest BCUT2D eigenvalue weighted by atomic mass is 10.1. The van der Waals surface area contributed by atoms with Crippen molar-refractivity contribution in [2.45, 2.75) is 25.8 Å². The first-order chi connectivity index (χ1) is 11.2. The Bertz CT molecular complexity index is 615. The summed E-state index contributed by atoms with van der Waals surface area (Å²) in [7, 11) is 0. The smallest absolute Gasteiger partial charge is 0.229 e. The molecule has 2 rings (SSSR count). The molecular formula is C18H21N3O2. The Hall–Kier alpha value is -2.69. The number of nitrogens with zero attached hydrogens (tertiary/aromatic N) is 1. The van der Waals surface area contributed by atoms with Crippen LogP contribution in [0, 0.1) is 0 Å². The van der Waals surface area contributed by atoms with E-state index in [1.54, 1.807) is 6.20 Å². The van der Waals surface area contributed by atoms with Gasteiger partial charge in [-0.25, -0.2) is 0 Å². The van der Waals surface area contributed by atoms with Gasteiger partial charge in [-0.2, -0.15) is 0 Å². The van der Waals surface area contributed by atoms with E-state index < -0.39 is 0 Å². The minimum atomic E-state index is -0.295. The minimum absolute atomic E-state index is 0.155. The molecular weight excluding hydrogens is 290 g/mol. The molecule has 0 radical (unpaired) electrons. The van der Waals surface area contributed by atoms with E-state index in [2.05, 4.69) is 27.8 Å². The van der Waals surface area contributed by atoms with Crippen molar-refractivity contribution in [2.24, 2.45) is 0 Å². The van der Waals surface area contributed by atoms with Crippen LogP contribution < -0.4 is 10.6 Å². The lowest BCUT2D eigenvalue weighted by Crippen LogP contribution is -2.32. The highest BCUT2D eigenvalue weighted by atomic mass is 16.2. The van der Waals surface area contributed by atoms with Gasteiger partial charge in [0, 0.05) is 12.7 Å². The van der Waals surface area contributed by atoms with Gasteiger partial charge in [0.05, 0.1) is 12.2 Å². The second-order valence-corrected chi connectivity index (χ2v) is 5.21. The van der Waals surface area contributed by atoms with Crippen LogP contribution in [0.5, 0.6) is 0 Å². The van der Waals surface area contributed by atoms with Crippen molar-refractivity contribution in [3.63, 3.8) is 0 Å². The molecule has 23 heavy (non-hydrogen) atoms. The molecule has 0 aliphatic carbocycles. The molecule has 120 valence electrons. The lowest BCUT2D eigenvalue weighted by molar-refractivity contribution is -0.129. The van der Waals surface area contributed by atoms with Gasteiger partial charge in [-0.05, 0) is 30.5 Å². The molecule has 0 aliphatic rings. The third-order valence-corrected chi connectivity index (χ3v) is 3.32. The van der Waals surface area contributed by atoms with E-state index in [4.69, 9.17) is 0 Å². The lowest BCUT2D eigenvalue weighted by Gasteiger charge is -2.06. The molecule has 0 bridgehead atoms. The summed E-state index contributed by atoms with van der Waals surface area (Å²) in [5, 5.41) is 5.45. The second-order valence-electron chi connectivity index (χ2n) is 5.21. The molecule has 0 saturated carbocycles. The molecule has 0 unspecified atom stereocenters. The van der Waals surface area contributed by atoms with Crippen molar-refractivity contribution in [3.8, 4) is 0 Å². The van der Waals surface area contributed by atoms with Gasteiger partial charge < -0.3 is 10.6 Å². The molecule has 0 atom stereocenters. The normalized spacial score (nSPS) is 10.1. The van der Waals surface area contributed by atoms with Gasteiger partial charge in [-0.1, -0.05) is 36.4 Å². The molecule has 0 fully saturated rings. The average Bonchev–Trinajstić information content (AvgIpc) is 2.59. The topological polar surface area (TPSA) is 71.1 Å². The maximum atomic E-state index is 11.7. The first-order valence-electron chi connectivity index (χ1n) is 7.71. The van der Waals surface area contributed by atoms with Gasteiger partial charge in [-0.3, -0.25) is 14.6 Å². The number of carbonyl (C=O) groups is 2. The molecule has 0 aliphatic heterocycles. The van der Waals surface area contributed by atoms with Crippen molar-refractivity contribution >= 4 is 11.8 Å². The minimum Gasteiger partial charge on any atom is -0.356 e. The number of aryl methyl sites for hydroxylation is 1. The van der Waals surface area contributed by atoms with Crippen LogP contribution in [0.2, 0.25) is 0 Å². The average molecular weight is 311 g/mol. The summed E-state index contributed by atoms with van der Waals surface area (Å²) in [5.41, 5.74) is 2.01. The summed E-state index contributed by atoms with van der Waals surface area (Å²) >= 11 is 0. The Kier molecular flexibility index (Phi) is 6.78. The molecule has 5 nitrogen and oxygen atoms in total. The van der Waals surface area contributed by atoms with Crippen molar-refractivity contribution in [1.29, 1.82) is 0 Å². The molecule has 1 aromatic carbocycles. The van der Waals surface area contributed by atoms with E-state index in [-0.39, 0.29) is 18.2 Å². The third-order valence-electron chi connectivity index (χ3n) is 3.32. The molecule has 0 saturated heterocycles. The van der Waals surface area contributed by atoms with Crippen LogP contribution in [-0.4, -0.2) is 23.3 Å². The summed E-state index contributed by atoms with van der Waals surface area (Å²) < 4.78 is 0. The highest BCUT2D eigenvalue weighted by Gasteiger charge is 2.08. The van der Waals surface area contributed by atoms with Gasteiger partial charge >= 0.3 is 0 Å². The van der Waals surface area contributed by atoms with E-state index in [9.17, 15) is 9.59 Å². The van der Waals surface area contributed by atoms with Crippen LogP contribution in [0.4, 0.5) is 0 Å². The highest BCUT2D eigenvalue weighted by molar-refractivity contribution is 5.96. The van der Waals surface area contributed by atoms with Crippen LogP contribution in [0.25, 0.3) is 0 Å². The van der Waals surface area contributed by atoms with E-state index in [0.29, 0.717) is 13.1 Å². The molecule has 0 spiro atoms.